The van der Waals surface area contributed by atoms with Crippen LogP contribution in [0.3, 0.4) is 0 Å². The molecule has 1 unspecified atom stereocenters. The number of sulfonamides is 1. The van der Waals surface area contributed by atoms with Gasteiger partial charge >= 0.3 is 0 Å². The predicted octanol–water partition coefficient (Wildman–Crippen LogP) is 3.06. The first-order valence-electron chi connectivity index (χ1n) is 7.59. The van der Waals surface area contributed by atoms with Gasteiger partial charge in [-0.05, 0) is 43.9 Å². The summed E-state index contributed by atoms with van der Waals surface area (Å²) >= 11 is 11.6. The zero-order chi connectivity index (χ0) is 17.0. The van der Waals surface area contributed by atoms with Gasteiger partial charge in [-0.15, -0.1) is 0 Å². The minimum atomic E-state index is -3.80. The van der Waals surface area contributed by atoms with Crippen molar-refractivity contribution in [2.75, 3.05) is 13.1 Å². The Kier molecular flexibility index (Phi) is 6.31. The van der Waals surface area contributed by atoms with Crippen molar-refractivity contribution in [3.63, 3.8) is 0 Å². The second-order valence-corrected chi connectivity index (χ2v) is 8.13. The third-order valence-electron chi connectivity index (χ3n) is 4.03. The van der Waals surface area contributed by atoms with Gasteiger partial charge in [0, 0.05) is 12.6 Å². The van der Waals surface area contributed by atoms with Gasteiger partial charge in [0.1, 0.15) is 0 Å². The number of piperidine rings is 1. The lowest BCUT2D eigenvalue weighted by molar-refractivity contribution is -0.133. The van der Waals surface area contributed by atoms with Crippen LogP contribution in [0.2, 0.25) is 10.0 Å². The maximum atomic E-state index is 12.3. The van der Waals surface area contributed by atoms with Crippen LogP contribution in [-0.2, 0) is 14.8 Å². The van der Waals surface area contributed by atoms with Crippen LogP contribution in [0.4, 0.5) is 0 Å². The Balaban J connectivity index is 2.03. The largest absolute Gasteiger partial charge is 0.339 e. The molecule has 0 aliphatic carbocycles. The normalized spacial score (nSPS) is 18.9. The average molecular weight is 379 g/mol. The fraction of sp³-hybridized carbons (Fsp3) is 0.533. The molecule has 1 N–H and O–H groups in total. The highest BCUT2D eigenvalue weighted by molar-refractivity contribution is 7.89. The molecule has 5 nitrogen and oxygen atoms in total. The van der Waals surface area contributed by atoms with Crippen LogP contribution in [0, 0.1) is 0 Å². The number of nitrogens with zero attached hydrogens (tertiary/aromatic N) is 1. The van der Waals surface area contributed by atoms with Gasteiger partial charge in [0.2, 0.25) is 15.9 Å². The summed E-state index contributed by atoms with van der Waals surface area (Å²) < 4.78 is 26.8. The van der Waals surface area contributed by atoms with Gasteiger partial charge in [0.05, 0.1) is 21.5 Å². The predicted molar refractivity (Wildman–Crippen MR) is 91.3 cm³/mol. The number of likely N-dealkylation sites (tertiary alicyclic amines) is 1. The van der Waals surface area contributed by atoms with Crippen molar-refractivity contribution in [3.8, 4) is 0 Å². The topological polar surface area (TPSA) is 66.5 Å². The third-order valence-corrected chi connectivity index (χ3v) is 6.17. The molecule has 1 amide bonds. The van der Waals surface area contributed by atoms with Gasteiger partial charge in [-0.3, -0.25) is 4.79 Å². The van der Waals surface area contributed by atoms with Gasteiger partial charge in [0.15, 0.2) is 0 Å². The summed E-state index contributed by atoms with van der Waals surface area (Å²) in [4.78, 5) is 14.1. The van der Waals surface area contributed by atoms with Crippen LogP contribution in [0.5, 0.6) is 0 Å². The van der Waals surface area contributed by atoms with E-state index in [1.807, 2.05) is 6.92 Å². The molecule has 8 heteroatoms. The van der Waals surface area contributed by atoms with E-state index in [2.05, 4.69) is 4.72 Å². The van der Waals surface area contributed by atoms with E-state index in [1.165, 1.54) is 18.2 Å². The molecule has 1 saturated heterocycles. The molecule has 0 saturated carbocycles. The van der Waals surface area contributed by atoms with Gasteiger partial charge in [0.25, 0.3) is 0 Å². The van der Waals surface area contributed by atoms with E-state index in [-0.39, 0.29) is 33.4 Å². The molecule has 1 aromatic carbocycles. The summed E-state index contributed by atoms with van der Waals surface area (Å²) in [6, 6.07) is 4.24. The van der Waals surface area contributed by atoms with Crippen molar-refractivity contribution in [1.82, 2.24) is 9.62 Å². The maximum Gasteiger partial charge on any atom is 0.241 e. The third kappa shape index (κ3) is 4.59. The molecule has 1 atom stereocenters. The zero-order valence-corrected chi connectivity index (χ0v) is 15.2. The molecule has 0 radical (unpaired) electrons. The monoisotopic (exact) mass is 378 g/mol. The Morgan fingerprint density at radius 1 is 1.30 bits per heavy atom. The fourth-order valence-electron chi connectivity index (χ4n) is 2.74. The summed E-state index contributed by atoms with van der Waals surface area (Å²) in [5.41, 5.74) is 0. The summed E-state index contributed by atoms with van der Waals surface area (Å²) in [5, 5.41) is 0.434. The number of benzene rings is 1. The Bertz CT molecular complexity index is 679. The van der Waals surface area contributed by atoms with Crippen molar-refractivity contribution in [3.05, 3.63) is 28.2 Å². The Morgan fingerprint density at radius 2 is 2.04 bits per heavy atom. The van der Waals surface area contributed by atoms with E-state index < -0.39 is 10.0 Å². The average Bonchev–Trinajstić information content (AvgIpc) is 2.55. The van der Waals surface area contributed by atoms with E-state index in [0.717, 1.165) is 25.7 Å². The van der Waals surface area contributed by atoms with E-state index in [9.17, 15) is 13.2 Å². The van der Waals surface area contributed by atoms with Crippen LogP contribution >= 0.6 is 23.2 Å². The van der Waals surface area contributed by atoms with E-state index in [0.29, 0.717) is 6.54 Å². The second kappa shape index (κ2) is 7.83. The number of rotatable bonds is 5. The molecule has 0 bridgehead atoms. The summed E-state index contributed by atoms with van der Waals surface area (Å²) in [6.07, 6.45) is 3.92. The van der Waals surface area contributed by atoms with Gasteiger partial charge in [-0.1, -0.05) is 30.1 Å². The highest BCUT2D eigenvalue weighted by Crippen LogP contribution is 2.25. The molecular formula is C15H20Cl2N2O3S. The standard InChI is InChI=1S/C15H20Cl2N2O3S/c1-2-11-5-3-4-8-19(11)15(20)10-18-23(21,22)12-6-7-13(16)14(17)9-12/h6-7,9,11,18H,2-5,8,10H2,1H3. The van der Waals surface area contributed by atoms with Crippen molar-refractivity contribution in [1.29, 1.82) is 0 Å². The van der Waals surface area contributed by atoms with Crippen LogP contribution in [-0.4, -0.2) is 38.4 Å². The minimum absolute atomic E-state index is 0.00890. The molecule has 0 spiro atoms. The van der Waals surface area contributed by atoms with Crippen LogP contribution in [0.1, 0.15) is 32.6 Å². The van der Waals surface area contributed by atoms with E-state index in [4.69, 9.17) is 23.2 Å². The molecule has 1 heterocycles. The molecule has 2 rings (SSSR count). The Hall–Kier alpha value is -0.820. The number of carbonyl (C=O) groups excluding carboxylic acids is 1. The lowest BCUT2D eigenvalue weighted by Crippen LogP contribution is -2.47. The summed E-state index contributed by atoms with van der Waals surface area (Å²) in [6.45, 7) is 2.47. The van der Waals surface area contributed by atoms with Crippen LogP contribution in [0.15, 0.2) is 23.1 Å². The van der Waals surface area contributed by atoms with Crippen molar-refractivity contribution < 1.29 is 13.2 Å². The lowest BCUT2D eigenvalue weighted by atomic mass is 10.00. The first-order valence-corrected chi connectivity index (χ1v) is 9.83. The minimum Gasteiger partial charge on any atom is -0.339 e. The smallest absolute Gasteiger partial charge is 0.241 e. The first kappa shape index (κ1) is 18.5. The summed E-state index contributed by atoms with van der Waals surface area (Å²) in [5.74, 6) is -0.194. The van der Waals surface area contributed by atoms with Crippen molar-refractivity contribution in [2.24, 2.45) is 0 Å². The molecule has 0 aromatic heterocycles. The molecule has 23 heavy (non-hydrogen) atoms. The number of hydrogen-bond donors (Lipinski definition) is 1. The van der Waals surface area contributed by atoms with E-state index >= 15 is 0 Å². The first-order chi connectivity index (χ1) is 10.8. The molecule has 1 aliphatic heterocycles. The summed E-state index contributed by atoms with van der Waals surface area (Å²) in [7, 11) is -3.80. The molecule has 1 aliphatic rings. The van der Waals surface area contributed by atoms with E-state index in [1.54, 1.807) is 4.90 Å². The number of hydrogen-bond acceptors (Lipinski definition) is 3. The lowest BCUT2D eigenvalue weighted by Gasteiger charge is -2.35. The second-order valence-electron chi connectivity index (χ2n) is 5.55. The molecular weight excluding hydrogens is 359 g/mol. The Morgan fingerprint density at radius 3 is 2.70 bits per heavy atom. The van der Waals surface area contributed by atoms with Gasteiger partial charge in [-0.2, -0.15) is 0 Å². The molecule has 1 aromatic rings. The quantitative estimate of drug-likeness (QED) is 0.855. The maximum absolute atomic E-state index is 12.3. The number of carbonyl (C=O) groups is 1. The number of amides is 1. The fourth-order valence-corrected chi connectivity index (χ4v) is 4.10. The zero-order valence-electron chi connectivity index (χ0n) is 12.9. The molecule has 128 valence electrons. The highest BCUT2D eigenvalue weighted by Gasteiger charge is 2.26. The Labute approximate surface area is 147 Å². The van der Waals surface area contributed by atoms with Crippen molar-refractivity contribution >= 4 is 39.1 Å². The van der Waals surface area contributed by atoms with Crippen LogP contribution in [0.25, 0.3) is 0 Å². The SMILES string of the molecule is CCC1CCCCN1C(=O)CNS(=O)(=O)c1ccc(Cl)c(Cl)c1. The number of nitrogens with one attached hydrogen (secondary N) is 1. The van der Waals surface area contributed by atoms with Crippen molar-refractivity contribution in [2.45, 2.75) is 43.5 Å². The molecule has 1 fully saturated rings. The number of halogens is 2. The highest BCUT2D eigenvalue weighted by atomic mass is 35.5. The van der Waals surface area contributed by atoms with Crippen LogP contribution < -0.4 is 4.72 Å². The van der Waals surface area contributed by atoms with Gasteiger partial charge < -0.3 is 4.90 Å². The van der Waals surface area contributed by atoms with Gasteiger partial charge in [-0.25, -0.2) is 13.1 Å².